The molecule has 0 saturated heterocycles. The summed E-state index contributed by atoms with van der Waals surface area (Å²) in [5.41, 5.74) is -0.826. The number of aliphatic carboxylic acids is 1. The number of carbonyl (C=O) groups excluding carboxylic acids is 1. The van der Waals surface area contributed by atoms with Crippen LogP contribution in [0.15, 0.2) is 41.3 Å². The third kappa shape index (κ3) is 9.27. The Kier molecular flexibility index (Phi) is 13.3. The second kappa shape index (κ2) is 15.7. The molecule has 0 aliphatic rings. The quantitative estimate of drug-likeness (QED) is 0.204. The Morgan fingerprint density at radius 1 is 1.04 bits per heavy atom. The van der Waals surface area contributed by atoms with Gasteiger partial charge in [0.1, 0.15) is 11.9 Å². The summed E-state index contributed by atoms with van der Waals surface area (Å²) in [6.45, 7) is 6.68. The Morgan fingerprint density at radius 3 is 2.13 bits per heavy atom. The molecular weight excluding hydrogens is 669 g/mol. The van der Waals surface area contributed by atoms with E-state index in [0.717, 1.165) is 16.3 Å². The number of pyridine rings is 1. The molecule has 0 aliphatic carbocycles. The summed E-state index contributed by atoms with van der Waals surface area (Å²) in [5.74, 6) is -3.63. The number of likely N-dealkylation sites (N-methyl/N-ethyl adjacent to an activating group) is 1. The molecule has 1 heterocycles. The summed E-state index contributed by atoms with van der Waals surface area (Å²) in [7, 11) is 3.37. The molecule has 1 amide bonds. The van der Waals surface area contributed by atoms with E-state index < -0.39 is 59.4 Å². The third-order valence-corrected chi connectivity index (χ3v) is 7.92. The molecule has 3 aromatic rings. The third-order valence-electron chi connectivity index (χ3n) is 7.33. The monoisotopic (exact) mass is 705 g/mol. The van der Waals surface area contributed by atoms with Crippen molar-refractivity contribution in [2.45, 2.75) is 58.8 Å². The van der Waals surface area contributed by atoms with Gasteiger partial charge in [0, 0.05) is 29.9 Å². The topological polar surface area (TPSA) is 91.6 Å². The highest BCUT2D eigenvalue weighted by molar-refractivity contribution is 7.59. The number of carboxylic acids is 1. The van der Waals surface area contributed by atoms with Crippen molar-refractivity contribution in [2.24, 2.45) is 5.92 Å². The van der Waals surface area contributed by atoms with E-state index in [1.807, 2.05) is 0 Å². The van der Waals surface area contributed by atoms with Crippen LogP contribution in [0.4, 0.5) is 17.6 Å². The largest absolute Gasteiger partial charge is 0.481 e. The maximum atomic E-state index is 15.6. The van der Waals surface area contributed by atoms with E-state index in [9.17, 15) is 32.7 Å². The van der Waals surface area contributed by atoms with Crippen LogP contribution in [0.1, 0.15) is 60.2 Å². The van der Waals surface area contributed by atoms with E-state index in [1.165, 1.54) is 19.1 Å². The first kappa shape index (κ1) is 39.1. The van der Waals surface area contributed by atoms with Crippen molar-refractivity contribution in [2.75, 3.05) is 20.6 Å². The number of hydrogen-bond acceptors (Lipinski definition) is 4. The number of hydrogen-bond donors (Lipinski definition) is 2. The van der Waals surface area contributed by atoms with Gasteiger partial charge in [-0.25, -0.2) is 4.39 Å². The van der Waals surface area contributed by atoms with Gasteiger partial charge >= 0.3 is 12.1 Å². The van der Waals surface area contributed by atoms with E-state index in [1.54, 1.807) is 51.9 Å². The van der Waals surface area contributed by atoms with Crippen LogP contribution < -0.4 is 10.9 Å². The average Bonchev–Trinajstić information content (AvgIpc) is 2.88. The van der Waals surface area contributed by atoms with E-state index in [0.29, 0.717) is 17.2 Å². The van der Waals surface area contributed by atoms with Gasteiger partial charge in [0.05, 0.1) is 28.1 Å². The summed E-state index contributed by atoms with van der Waals surface area (Å²) in [5, 5.41) is 12.8. The molecule has 2 atom stereocenters. The molecule has 0 bridgehead atoms. The zero-order chi connectivity index (χ0) is 34.0. The molecule has 252 valence electrons. The number of nitrogens with zero attached hydrogens (tertiary/aromatic N) is 2. The Bertz CT molecular complexity index is 1640. The maximum absolute atomic E-state index is 15.6. The summed E-state index contributed by atoms with van der Waals surface area (Å²) >= 11 is 12.9. The Hall–Kier alpha value is -3.06. The molecule has 2 N–H and O–H groups in total. The first-order valence-electron chi connectivity index (χ1n) is 14.1. The van der Waals surface area contributed by atoms with E-state index >= 15 is 4.39 Å². The highest BCUT2D eigenvalue weighted by Gasteiger charge is 2.36. The number of benzene rings is 2. The Morgan fingerprint density at radius 2 is 1.63 bits per heavy atom. The molecule has 7 nitrogen and oxygen atoms in total. The SMILES string of the molecule is Cc1cc(Cl)c(-c2cc(C)c(F)c([C@H](CC(=O)O)NC(=O)C(C(C)C)n3cc(CCN(C)C)c(C(F)(F)F)cc3=O)c2)c(Cl)c1.S. The van der Waals surface area contributed by atoms with Gasteiger partial charge in [-0.2, -0.15) is 26.7 Å². The van der Waals surface area contributed by atoms with Crippen molar-refractivity contribution in [3.8, 4) is 11.1 Å². The number of rotatable bonds is 11. The summed E-state index contributed by atoms with van der Waals surface area (Å²) in [6.07, 6.45) is -4.57. The lowest BCUT2D eigenvalue weighted by Gasteiger charge is -2.28. The summed E-state index contributed by atoms with van der Waals surface area (Å²) in [6, 6.07) is 3.88. The smallest absolute Gasteiger partial charge is 0.416 e. The van der Waals surface area contributed by atoms with E-state index in [2.05, 4.69) is 5.32 Å². The molecular formula is C32H37Cl2F4N3O4S. The molecule has 0 fully saturated rings. The molecule has 1 unspecified atom stereocenters. The minimum absolute atomic E-state index is 0. The van der Waals surface area contributed by atoms with Crippen molar-refractivity contribution in [3.63, 3.8) is 0 Å². The molecule has 3 rings (SSSR count). The van der Waals surface area contributed by atoms with Gasteiger partial charge in [0.2, 0.25) is 5.91 Å². The minimum Gasteiger partial charge on any atom is -0.481 e. The maximum Gasteiger partial charge on any atom is 0.416 e. The number of nitrogens with one attached hydrogen (secondary N) is 1. The van der Waals surface area contributed by atoms with Crippen molar-refractivity contribution in [1.29, 1.82) is 0 Å². The van der Waals surface area contributed by atoms with E-state index in [-0.39, 0.29) is 53.2 Å². The normalized spacial score (nSPS) is 13.0. The first-order valence-corrected chi connectivity index (χ1v) is 14.8. The fourth-order valence-corrected chi connectivity index (χ4v) is 6.02. The van der Waals surface area contributed by atoms with Crippen LogP contribution in [0, 0.1) is 25.6 Å². The molecule has 2 aromatic carbocycles. The molecule has 0 saturated carbocycles. The van der Waals surface area contributed by atoms with Gasteiger partial charge in [-0.3, -0.25) is 14.4 Å². The standard InChI is InChI=1S/C32H35Cl2F4N3O4.H2S/c1-16(2)30(41-15-19(7-8-40(5)6)22(13-26(41)42)32(36,37)38)31(45)39-25(14-27(43)44)21-12-20(11-18(4)29(21)35)28-23(33)9-17(3)10-24(28)34;/h9-13,15-16,25,30H,7-8,14H2,1-6H3,(H,39,45)(H,43,44);1H2/t25-,30?;/m0./s1. The first-order chi connectivity index (χ1) is 20.8. The molecule has 0 radical (unpaired) electrons. The molecule has 1 aromatic heterocycles. The lowest BCUT2D eigenvalue weighted by atomic mass is 9.93. The summed E-state index contributed by atoms with van der Waals surface area (Å²) < 4.78 is 58.1. The minimum atomic E-state index is -4.80. The number of amides is 1. The lowest BCUT2D eigenvalue weighted by molar-refractivity contribution is -0.139. The zero-order valence-corrected chi connectivity index (χ0v) is 28.7. The van der Waals surface area contributed by atoms with Gasteiger partial charge in [0.15, 0.2) is 0 Å². The number of carbonyl (C=O) groups is 2. The van der Waals surface area contributed by atoms with Crippen molar-refractivity contribution < 1.29 is 32.3 Å². The number of aromatic nitrogens is 1. The Labute approximate surface area is 281 Å². The summed E-state index contributed by atoms with van der Waals surface area (Å²) in [4.78, 5) is 40.4. The highest BCUT2D eigenvalue weighted by atomic mass is 35.5. The Balaban J connectivity index is 0.00000736. The number of halogens is 6. The van der Waals surface area contributed by atoms with Crippen LogP contribution in [-0.2, 0) is 22.2 Å². The van der Waals surface area contributed by atoms with E-state index in [4.69, 9.17) is 23.2 Å². The fourth-order valence-electron chi connectivity index (χ4n) is 5.21. The number of carboxylic acid groups (broad SMARTS) is 1. The average molecular weight is 707 g/mol. The second-order valence-corrected chi connectivity index (χ2v) is 12.5. The van der Waals surface area contributed by atoms with Crippen LogP contribution in [0.5, 0.6) is 0 Å². The number of aryl methyl sites for hydroxylation is 2. The second-order valence-electron chi connectivity index (χ2n) is 11.7. The number of alkyl halides is 3. The van der Waals surface area contributed by atoms with Gasteiger partial charge in [0.25, 0.3) is 5.56 Å². The zero-order valence-electron chi connectivity index (χ0n) is 26.2. The van der Waals surface area contributed by atoms with Gasteiger partial charge in [-0.1, -0.05) is 37.0 Å². The van der Waals surface area contributed by atoms with Gasteiger partial charge in [-0.15, -0.1) is 0 Å². The predicted octanol–water partition coefficient (Wildman–Crippen LogP) is 7.34. The van der Waals surface area contributed by atoms with Crippen LogP contribution in [-0.4, -0.2) is 47.1 Å². The van der Waals surface area contributed by atoms with Crippen LogP contribution in [0.25, 0.3) is 11.1 Å². The molecule has 0 spiro atoms. The molecule has 46 heavy (non-hydrogen) atoms. The van der Waals surface area contributed by atoms with Crippen LogP contribution >= 0.6 is 36.7 Å². The van der Waals surface area contributed by atoms with Crippen molar-refractivity contribution >= 4 is 48.6 Å². The van der Waals surface area contributed by atoms with Crippen LogP contribution in [0.3, 0.4) is 0 Å². The van der Waals surface area contributed by atoms with Crippen LogP contribution in [0.2, 0.25) is 10.0 Å². The molecule has 14 heteroatoms. The van der Waals surface area contributed by atoms with Crippen molar-refractivity contribution in [1.82, 2.24) is 14.8 Å². The predicted molar refractivity (Wildman–Crippen MR) is 177 cm³/mol. The lowest BCUT2D eigenvalue weighted by Crippen LogP contribution is -2.42. The van der Waals surface area contributed by atoms with Gasteiger partial charge in [-0.05, 0) is 86.8 Å². The highest BCUT2D eigenvalue weighted by Crippen LogP contribution is 2.39. The fraction of sp³-hybridized carbons (Fsp3) is 0.406. The van der Waals surface area contributed by atoms with Crippen molar-refractivity contribution in [3.05, 3.63) is 90.6 Å². The van der Waals surface area contributed by atoms with Gasteiger partial charge < -0.3 is 19.9 Å². The molecule has 0 aliphatic heterocycles.